The lowest BCUT2D eigenvalue weighted by molar-refractivity contribution is -0.123. The summed E-state index contributed by atoms with van der Waals surface area (Å²) in [4.78, 5) is 24.8. The Morgan fingerprint density at radius 1 is 0.964 bits per heavy atom. The maximum absolute atomic E-state index is 12.8. The lowest BCUT2D eigenvalue weighted by Gasteiger charge is -2.23. The highest BCUT2D eigenvalue weighted by Crippen LogP contribution is 2.38. The van der Waals surface area contributed by atoms with E-state index in [4.69, 9.17) is 23.7 Å². The molecule has 2 aromatic carbocycles. The van der Waals surface area contributed by atoms with Crippen LogP contribution in [0, 0.1) is 5.92 Å². The van der Waals surface area contributed by atoms with Gasteiger partial charge in [-0.15, -0.1) is 0 Å². The van der Waals surface area contributed by atoms with Crippen molar-refractivity contribution in [1.29, 1.82) is 0 Å². The number of Topliss-reactive ketones (excluding diaryl/α,β-unsaturated/α-hetero) is 1. The predicted molar refractivity (Wildman–Crippen MR) is 100 cm³/mol. The maximum Gasteiger partial charge on any atom is 0.338 e. The second-order valence-electron chi connectivity index (χ2n) is 6.41. The summed E-state index contributed by atoms with van der Waals surface area (Å²) in [6, 6.07) is 9.98. The van der Waals surface area contributed by atoms with Crippen LogP contribution in [0.2, 0.25) is 0 Å². The number of hydrogen-bond donors (Lipinski definition) is 0. The van der Waals surface area contributed by atoms with Crippen molar-refractivity contribution in [3.05, 3.63) is 47.5 Å². The van der Waals surface area contributed by atoms with Crippen LogP contribution in [-0.2, 0) is 9.53 Å². The smallest absolute Gasteiger partial charge is 0.338 e. The molecule has 7 heteroatoms. The van der Waals surface area contributed by atoms with E-state index in [-0.39, 0.29) is 12.6 Å². The van der Waals surface area contributed by atoms with Crippen molar-refractivity contribution in [2.75, 3.05) is 21.0 Å². The molecule has 0 amide bonds. The number of benzene rings is 2. The minimum absolute atomic E-state index is 0.0946. The quantitative estimate of drug-likeness (QED) is 0.673. The molecule has 0 bridgehead atoms. The van der Waals surface area contributed by atoms with Crippen molar-refractivity contribution < 1.29 is 33.3 Å². The molecule has 0 radical (unpaired) electrons. The van der Waals surface area contributed by atoms with Crippen LogP contribution in [-0.4, -0.2) is 32.8 Å². The molecule has 2 aromatic rings. The van der Waals surface area contributed by atoms with Crippen molar-refractivity contribution in [1.82, 2.24) is 0 Å². The Labute approximate surface area is 163 Å². The number of carbonyl (C=O) groups excluding carboxylic acids is 2. The summed E-state index contributed by atoms with van der Waals surface area (Å²) in [5.41, 5.74) is 0.944. The number of hydrogen-bond acceptors (Lipinski definition) is 7. The molecular weight excluding hydrogens is 364 g/mol. The molecule has 0 aliphatic carbocycles. The minimum Gasteiger partial charge on any atom is -0.493 e. The molecule has 0 fully saturated rings. The molecule has 1 aliphatic heterocycles. The molecule has 1 unspecified atom stereocenters. The van der Waals surface area contributed by atoms with Crippen molar-refractivity contribution in [2.24, 2.45) is 5.92 Å². The van der Waals surface area contributed by atoms with E-state index in [0.29, 0.717) is 34.1 Å². The fourth-order valence-corrected chi connectivity index (χ4v) is 2.91. The van der Waals surface area contributed by atoms with E-state index in [0.717, 1.165) is 0 Å². The Morgan fingerprint density at radius 2 is 1.68 bits per heavy atom. The maximum atomic E-state index is 12.8. The van der Waals surface area contributed by atoms with Gasteiger partial charge in [-0.2, -0.15) is 0 Å². The van der Waals surface area contributed by atoms with Crippen LogP contribution in [0.5, 0.6) is 23.0 Å². The summed E-state index contributed by atoms with van der Waals surface area (Å²) in [6.45, 7) is 3.32. The number of fused-ring (bicyclic) bond motifs is 1. The average molecular weight is 386 g/mol. The first-order valence-electron chi connectivity index (χ1n) is 8.77. The summed E-state index contributed by atoms with van der Waals surface area (Å²) in [5, 5.41) is 0. The zero-order valence-electron chi connectivity index (χ0n) is 16.2. The highest BCUT2D eigenvalue weighted by Gasteiger charge is 2.29. The van der Waals surface area contributed by atoms with E-state index in [1.54, 1.807) is 37.3 Å². The second kappa shape index (κ2) is 8.21. The van der Waals surface area contributed by atoms with Crippen molar-refractivity contribution in [2.45, 2.75) is 20.0 Å². The molecule has 0 aromatic heterocycles. The van der Waals surface area contributed by atoms with Gasteiger partial charge in [0.2, 0.25) is 6.79 Å². The zero-order valence-corrected chi connectivity index (χ0v) is 16.2. The molecule has 0 saturated carbocycles. The number of methoxy groups -OCH3 is 2. The van der Waals surface area contributed by atoms with Crippen LogP contribution in [0.1, 0.15) is 35.9 Å². The molecule has 1 heterocycles. The molecule has 28 heavy (non-hydrogen) atoms. The van der Waals surface area contributed by atoms with Gasteiger partial charge in [0.25, 0.3) is 0 Å². The molecule has 2 atom stereocenters. The van der Waals surface area contributed by atoms with Gasteiger partial charge >= 0.3 is 5.97 Å². The van der Waals surface area contributed by atoms with Crippen LogP contribution in [0.25, 0.3) is 0 Å². The number of carbonyl (C=O) groups is 2. The van der Waals surface area contributed by atoms with E-state index in [1.165, 1.54) is 27.2 Å². The highest BCUT2D eigenvalue weighted by atomic mass is 16.7. The fourth-order valence-electron chi connectivity index (χ4n) is 2.91. The third kappa shape index (κ3) is 3.88. The lowest BCUT2D eigenvalue weighted by Crippen LogP contribution is -2.23. The van der Waals surface area contributed by atoms with Gasteiger partial charge < -0.3 is 23.7 Å². The molecule has 7 nitrogen and oxygen atoms in total. The molecule has 148 valence electrons. The Morgan fingerprint density at radius 3 is 2.36 bits per heavy atom. The van der Waals surface area contributed by atoms with E-state index >= 15 is 0 Å². The van der Waals surface area contributed by atoms with E-state index < -0.39 is 18.0 Å². The minimum atomic E-state index is -0.771. The Kier molecular flexibility index (Phi) is 5.73. The Balaban J connectivity index is 1.89. The number of rotatable bonds is 7. The first-order chi connectivity index (χ1) is 13.4. The standard InChI is InChI=1S/C21H22O7/c1-12(13(2)22)20(14-5-8-17-19(9-14)27-11-26-17)28-21(23)15-6-7-16(24-3)18(10-15)25-4/h5-10,12,20H,11H2,1-4H3/t12-,20?/m0/s1. The van der Waals surface area contributed by atoms with Gasteiger partial charge in [-0.3, -0.25) is 4.79 Å². The van der Waals surface area contributed by atoms with Crippen molar-refractivity contribution in [3.63, 3.8) is 0 Å². The summed E-state index contributed by atoms with van der Waals surface area (Å²) in [5.74, 6) is 0.883. The van der Waals surface area contributed by atoms with Gasteiger partial charge in [-0.05, 0) is 42.8 Å². The van der Waals surface area contributed by atoms with E-state index in [1.807, 2.05) is 0 Å². The lowest BCUT2D eigenvalue weighted by atomic mass is 9.93. The second-order valence-corrected chi connectivity index (χ2v) is 6.41. The van der Waals surface area contributed by atoms with E-state index in [2.05, 4.69) is 0 Å². The number of ether oxygens (including phenoxy) is 5. The van der Waals surface area contributed by atoms with Crippen LogP contribution < -0.4 is 18.9 Å². The summed E-state index contributed by atoms with van der Waals surface area (Å²) in [6.07, 6.45) is -0.771. The van der Waals surface area contributed by atoms with Gasteiger partial charge in [-0.25, -0.2) is 4.79 Å². The first kappa shape index (κ1) is 19.5. The Hall–Kier alpha value is -3.22. The number of ketones is 1. The third-order valence-electron chi connectivity index (χ3n) is 4.67. The monoisotopic (exact) mass is 386 g/mol. The molecule has 3 rings (SSSR count). The average Bonchev–Trinajstić information content (AvgIpc) is 3.18. The van der Waals surface area contributed by atoms with Gasteiger partial charge in [-0.1, -0.05) is 13.0 Å². The van der Waals surface area contributed by atoms with Crippen LogP contribution in [0.4, 0.5) is 0 Å². The SMILES string of the molecule is COc1ccc(C(=O)OC(c2ccc3c(c2)OCO3)[C@@H](C)C(C)=O)cc1OC. The van der Waals surface area contributed by atoms with E-state index in [9.17, 15) is 9.59 Å². The van der Waals surface area contributed by atoms with Crippen molar-refractivity contribution >= 4 is 11.8 Å². The molecular formula is C21H22O7. The fraction of sp³-hybridized carbons (Fsp3) is 0.333. The first-order valence-corrected chi connectivity index (χ1v) is 8.77. The normalized spacial score (nSPS) is 14.1. The molecule has 1 aliphatic rings. The third-order valence-corrected chi connectivity index (χ3v) is 4.67. The van der Waals surface area contributed by atoms with Gasteiger partial charge in [0.05, 0.1) is 25.7 Å². The largest absolute Gasteiger partial charge is 0.493 e. The summed E-state index contributed by atoms with van der Waals surface area (Å²) < 4.78 is 26.9. The predicted octanol–water partition coefficient (Wildman–Crippen LogP) is 3.56. The van der Waals surface area contributed by atoms with Gasteiger partial charge in [0, 0.05) is 0 Å². The van der Waals surface area contributed by atoms with Crippen LogP contribution in [0.3, 0.4) is 0 Å². The highest BCUT2D eigenvalue weighted by molar-refractivity contribution is 5.91. The van der Waals surface area contributed by atoms with Gasteiger partial charge in [0.1, 0.15) is 11.9 Å². The summed E-state index contributed by atoms with van der Waals surface area (Å²) >= 11 is 0. The zero-order chi connectivity index (χ0) is 20.3. The topological polar surface area (TPSA) is 80.3 Å². The molecule has 0 N–H and O–H groups in total. The summed E-state index contributed by atoms with van der Waals surface area (Å²) in [7, 11) is 3.00. The van der Waals surface area contributed by atoms with Gasteiger partial charge in [0.15, 0.2) is 23.0 Å². The Bertz CT molecular complexity index is 890. The van der Waals surface area contributed by atoms with Crippen LogP contribution >= 0.6 is 0 Å². The molecule has 0 saturated heterocycles. The van der Waals surface area contributed by atoms with Crippen LogP contribution in [0.15, 0.2) is 36.4 Å². The van der Waals surface area contributed by atoms with Crippen molar-refractivity contribution in [3.8, 4) is 23.0 Å². The number of esters is 1. The molecule has 0 spiro atoms.